The number of rotatable bonds is 0. The van der Waals surface area contributed by atoms with Gasteiger partial charge in [0.2, 0.25) is 0 Å². The van der Waals surface area contributed by atoms with Crippen molar-refractivity contribution in [3.05, 3.63) is 59.7 Å². The van der Waals surface area contributed by atoms with Gasteiger partial charge in [0.25, 0.3) is 0 Å². The third kappa shape index (κ3) is 1.22. The van der Waals surface area contributed by atoms with Crippen LogP contribution in [0.3, 0.4) is 0 Å². The standard InChI is InChI=1S/C13H10O2/c14-13-9-5-1-3-7-11(9)15-12-8-4-2-6-10(12)13/h1-8,13-14H/p+1. The van der Waals surface area contributed by atoms with Crippen molar-refractivity contribution in [2.45, 2.75) is 6.10 Å². The molecule has 0 fully saturated rings. The number of hydrogen-bond donors (Lipinski definition) is 1. The van der Waals surface area contributed by atoms with Crippen LogP contribution in [-0.2, 0) is 0 Å². The first kappa shape index (κ1) is 8.50. The van der Waals surface area contributed by atoms with E-state index in [0.29, 0.717) is 0 Å². The van der Waals surface area contributed by atoms with Crippen molar-refractivity contribution in [1.82, 2.24) is 0 Å². The Morgan fingerprint density at radius 2 is 1.33 bits per heavy atom. The van der Waals surface area contributed by atoms with Gasteiger partial charge in [-0.2, -0.15) is 0 Å². The molecule has 2 nitrogen and oxygen atoms in total. The lowest BCUT2D eigenvalue weighted by atomic mass is 9.97. The fourth-order valence-corrected chi connectivity index (χ4v) is 1.88. The summed E-state index contributed by atoms with van der Waals surface area (Å²) in [6.07, 6.45) is -0.578. The maximum absolute atomic E-state index is 10.1. The third-order valence-corrected chi connectivity index (χ3v) is 2.65. The Balaban J connectivity index is 0.000000963. The summed E-state index contributed by atoms with van der Waals surface area (Å²) in [5.74, 6) is 1.48. The highest BCUT2D eigenvalue weighted by molar-refractivity contribution is 5.51. The van der Waals surface area contributed by atoms with E-state index in [2.05, 4.69) is 0 Å². The van der Waals surface area contributed by atoms with Crippen LogP contribution in [0.25, 0.3) is 0 Å². The Morgan fingerprint density at radius 3 is 1.87 bits per heavy atom. The molecule has 1 aliphatic heterocycles. The molecule has 0 aliphatic carbocycles. The summed E-state index contributed by atoms with van der Waals surface area (Å²) in [5, 5.41) is 10.1. The Labute approximate surface area is 89.2 Å². The average molecular weight is 199 g/mol. The lowest BCUT2D eigenvalue weighted by Crippen LogP contribution is -2.08. The van der Waals surface area contributed by atoms with Crippen LogP contribution in [-0.4, -0.2) is 5.11 Å². The second-order valence-corrected chi connectivity index (χ2v) is 3.58. The van der Waals surface area contributed by atoms with Gasteiger partial charge in [0.1, 0.15) is 17.6 Å². The number of para-hydroxylation sites is 2. The molecular formula is C13H11O2+. The van der Waals surface area contributed by atoms with Crippen molar-refractivity contribution in [3.8, 4) is 11.5 Å². The molecule has 0 saturated carbocycles. The van der Waals surface area contributed by atoms with Gasteiger partial charge in [-0.1, -0.05) is 36.4 Å². The number of benzene rings is 2. The van der Waals surface area contributed by atoms with Gasteiger partial charge in [-0.05, 0) is 12.1 Å². The SMILES string of the molecule is OC1c2ccccc2Oc2ccccc21.[H+]. The summed E-state index contributed by atoms with van der Waals surface area (Å²) in [4.78, 5) is 0. The highest BCUT2D eigenvalue weighted by atomic mass is 16.5. The van der Waals surface area contributed by atoms with E-state index < -0.39 is 6.10 Å². The molecule has 0 saturated heterocycles. The maximum atomic E-state index is 10.1. The zero-order valence-electron chi connectivity index (χ0n) is 9.05. The van der Waals surface area contributed by atoms with E-state index >= 15 is 0 Å². The van der Waals surface area contributed by atoms with Crippen LogP contribution in [0.5, 0.6) is 11.5 Å². The van der Waals surface area contributed by atoms with Crippen molar-refractivity contribution < 1.29 is 11.3 Å². The summed E-state index contributed by atoms with van der Waals surface area (Å²) in [7, 11) is 0. The van der Waals surface area contributed by atoms with Crippen LogP contribution < -0.4 is 4.74 Å². The number of hydrogen-bond acceptors (Lipinski definition) is 2. The normalized spacial score (nSPS) is 13.9. The first-order valence-corrected chi connectivity index (χ1v) is 4.90. The van der Waals surface area contributed by atoms with Gasteiger partial charge in [-0.15, -0.1) is 0 Å². The minimum atomic E-state index is -0.578. The fraction of sp³-hybridized carbons (Fsp3) is 0.0769. The van der Waals surface area contributed by atoms with Gasteiger partial charge >= 0.3 is 1.43 Å². The lowest BCUT2D eigenvalue weighted by molar-refractivity contribution is 0.203. The van der Waals surface area contributed by atoms with E-state index in [1.165, 1.54) is 0 Å². The minimum absolute atomic E-state index is 0. The average Bonchev–Trinajstić information content (AvgIpc) is 2.30. The predicted molar refractivity (Wildman–Crippen MR) is 58.1 cm³/mol. The van der Waals surface area contributed by atoms with Gasteiger partial charge in [0.15, 0.2) is 0 Å². The van der Waals surface area contributed by atoms with E-state index in [1.807, 2.05) is 48.5 Å². The summed E-state index contributed by atoms with van der Waals surface area (Å²) in [6, 6.07) is 15.1. The van der Waals surface area contributed by atoms with Gasteiger partial charge in [-0.25, -0.2) is 0 Å². The molecule has 15 heavy (non-hydrogen) atoms. The van der Waals surface area contributed by atoms with E-state index in [4.69, 9.17) is 4.74 Å². The van der Waals surface area contributed by atoms with Crippen LogP contribution >= 0.6 is 0 Å². The van der Waals surface area contributed by atoms with Crippen molar-refractivity contribution in [3.63, 3.8) is 0 Å². The highest BCUT2D eigenvalue weighted by Gasteiger charge is 2.24. The molecule has 1 heterocycles. The topological polar surface area (TPSA) is 29.5 Å². The summed E-state index contributed by atoms with van der Waals surface area (Å²) in [6.45, 7) is 0. The van der Waals surface area contributed by atoms with Crippen molar-refractivity contribution in [2.24, 2.45) is 0 Å². The molecule has 0 spiro atoms. The number of fused-ring (bicyclic) bond motifs is 2. The fourth-order valence-electron chi connectivity index (χ4n) is 1.88. The molecule has 74 valence electrons. The first-order chi connectivity index (χ1) is 7.36. The molecule has 2 aromatic carbocycles. The van der Waals surface area contributed by atoms with E-state index in [0.717, 1.165) is 22.6 Å². The molecule has 1 aliphatic rings. The zero-order chi connectivity index (χ0) is 10.3. The van der Waals surface area contributed by atoms with E-state index in [-0.39, 0.29) is 1.43 Å². The van der Waals surface area contributed by atoms with Crippen LogP contribution in [0, 0.1) is 0 Å². The smallest absolute Gasteiger partial charge is 0.457 e. The zero-order valence-corrected chi connectivity index (χ0v) is 8.05. The molecule has 0 radical (unpaired) electrons. The Kier molecular flexibility index (Phi) is 1.76. The van der Waals surface area contributed by atoms with Crippen LogP contribution in [0.2, 0.25) is 0 Å². The Bertz CT molecular complexity index is 465. The molecule has 0 unspecified atom stereocenters. The Morgan fingerprint density at radius 1 is 0.867 bits per heavy atom. The molecule has 2 aromatic rings. The minimum Gasteiger partial charge on any atom is -0.457 e. The number of ether oxygens (including phenoxy) is 1. The Hall–Kier alpha value is -1.80. The molecule has 1 N–H and O–H groups in total. The lowest BCUT2D eigenvalue weighted by Gasteiger charge is -2.24. The van der Waals surface area contributed by atoms with Crippen molar-refractivity contribution in [1.29, 1.82) is 0 Å². The highest BCUT2D eigenvalue weighted by Crippen LogP contribution is 2.42. The third-order valence-electron chi connectivity index (χ3n) is 2.65. The second-order valence-electron chi connectivity index (χ2n) is 3.58. The molecule has 0 bridgehead atoms. The molecule has 0 atom stereocenters. The largest absolute Gasteiger partial charge is 1.00 e. The summed E-state index contributed by atoms with van der Waals surface area (Å²) in [5.41, 5.74) is 1.66. The van der Waals surface area contributed by atoms with E-state index in [1.54, 1.807) is 0 Å². The molecular weight excluding hydrogens is 188 g/mol. The number of aliphatic hydroxyl groups is 1. The summed E-state index contributed by atoms with van der Waals surface area (Å²) < 4.78 is 5.69. The van der Waals surface area contributed by atoms with Crippen LogP contribution in [0.4, 0.5) is 0 Å². The molecule has 2 heteroatoms. The predicted octanol–water partition coefficient (Wildman–Crippen LogP) is 2.99. The number of aliphatic hydroxyl groups excluding tert-OH is 1. The molecule has 0 amide bonds. The monoisotopic (exact) mass is 199 g/mol. The van der Waals surface area contributed by atoms with Crippen molar-refractivity contribution >= 4 is 0 Å². The van der Waals surface area contributed by atoms with Crippen LogP contribution in [0.1, 0.15) is 18.7 Å². The maximum Gasteiger partial charge on any atom is 1.00 e. The van der Waals surface area contributed by atoms with Gasteiger partial charge in [-0.3, -0.25) is 0 Å². The van der Waals surface area contributed by atoms with Crippen molar-refractivity contribution in [2.75, 3.05) is 0 Å². The van der Waals surface area contributed by atoms with Gasteiger partial charge < -0.3 is 9.84 Å². The molecule has 3 rings (SSSR count). The quantitative estimate of drug-likeness (QED) is 0.706. The molecule has 0 aromatic heterocycles. The summed E-state index contributed by atoms with van der Waals surface area (Å²) >= 11 is 0. The van der Waals surface area contributed by atoms with Gasteiger partial charge in [0, 0.05) is 11.1 Å². The van der Waals surface area contributed by atoms with E-state index in [9.17, 15) is 5.11 Å². The van der Waals surface area contributed by atoms with Crippen LogP contribution in [0.15, 0.2) is 48.5 Å². The van der Waals surface area contributed by atoms with Gasteiger partial charge in [0.05, 0.1) is 0 Å². The second kappa shape index (κ2) is 3.11. The first-order valence-electron chi connectivity index (χ1n) is 4.90.